The first-order valence-electron chi connectivity index (χ1n) is 7.14. The van der Waals surface area contributed by atoms with Crippen molar-refractivity contribution >= 4 is 23.5 Å². The molecule has 0 heterocycles. The van der Waals surface area contributed by atoms with Crippen LogP contribution in [0, 0.1) is 5.92 Å². The minimum Gasteiger partial charge on any atom is -0.469 e. The van der Waals surface area contributed by atoms with E-state index in [4.69, 9.17) is 11.6 Å². The number of methoxy groups -OCH3 is 1. The second-order valence-electron chi connectivity index (χ2n) is 5.46. The van der Waals surface area contributed by atoms with Crippen molar-refractivity contribution in [2.75, 3.05) is 27.2 Å². The number of benzene rings is 1. The van der Waals surface area contributed by atoms with Gasteiger partial charge in [-0.2, -0.15) is 0 Å². The van der Waals surface area contributed by atoms with Crippen LogP contribution < -0.4 is 5.32 Å². The van der Waals surface area contributed by atoms with Crippen LogP contribution in [0.15, 0.2) is 24.3 Å². The minimum atomic E-state index is -0.276. The molecular weight excluding hydrogens is 304 g/mol. The molecule has 0 spiro atoms. The van der Waals surface area contributed by atoms with Crippen LogP contribution in [0.3, 0.4) is 0 Å². The fourth-order valence-electron chi connectivity index (χ4n) is 2.17. The van der Waals surface area contributed by atoms with E-state index in [1.165, 1.54) is 7.11 Å². The number of esters is 1. The lowest BCUT2D eigenvalue weighted by molar-refractivity contribution is -0.145. The summed E-state index contributed by atoms with van der Waals surface area (Å²) in [5.41, 5.74) is 0.989. The third kappa shape index (κ3) is 6.03. The van der Waals surface area contributed by atoms with Crippen molar-refractivity contribution in [3.8, 4) is 0 Å². The molecule has 1 N–H and O–H groups in total. The molecule has 0 fully saturated rings. The number of halogens is 1. The molecule has 0 saturated carbocycles. The predicted molar refractivity (Wildman–Crippen MR) is 86.7 cm³/mol. The second kappa shape index (κ2) is 8.76. The van der Waals surface area contributed by atoms with Crippen LogP contribution in [0.1, 0.15) is 25.5 Å². The van der Waals surface area contributed by atoms with Gasteiger partial charge < -0.3 is 10.1 Å². The molecule has 0 aromatic heterocycles. The number of likely N-dealkylation sites (N-methyl/N-ethyl adjacent to an activating group) is 1. The Bertz CT molecular complexity index is 505. The van der Waals surface area contributed by atoms with E-state index in [1.807, 2.05) is 19.1 Å². The summed E-state index contributed by atoms with van der Waals surface area (Å²) in [6.45, 7) is 4.38. The average molecular weight is 327 g/mol. The lowest BCUT2D eigenvalue weighted by Gasteiger charge is -2.21. The van der Waals surface area contributed by atoms with Gasteiger partial charge in [0.05, 0.1) is 25.6 Å². The van der Waals surface area contributed by atoms with Crippen LogP contribution in [0.5, 0.6) is 0 Å². The van der Waals surface area contributed by atoms with Gasteiger partial charge in [0, 0.05) is 11.6 Å². The van der Waals surface area contributed by atoms with Gasteiger partial charge in [-0.3, -0.25) is 14.5 Å². The van der Waals surface area contributed by atoms with Crippen LogP contribution >= 0.6 is 11.6 Å². The van der Waals surface area contributed by atoms with Crippen molar-refractivity contribution in [3.05, 3.63) is 34.9 Å². The molecule has 0 bridgehead atoms. The number of carbonyl (C=O) groups excluding carboxylic acids is 2. The molecule has 5 nitrogen and oxygen atoms in total. The molecule has 2 atom stereocenters. The van der Waals surface area contributed by atoms with E-state index in [1.54, 1.807) is 31.0 Å². The van der Waals surface area contributed by atoms with Crippen molar-refractivity contribution in [2.24, 2.45) is 5.92 Å². The Morgan fingerprint density at radius 3 is 2.41 bits per heavy atom. The van der Waals surface area contributed by atoms with Gasteiger partial charge in [-0.25, -0.2) is 0 Å². The number of ether oxygens (including phenoxy) is 1. The van der Waals surface area contributed by atoms with Crippen LogP contribution in [-0.4, -0.2) is 44.0 Å². The lowest BCUT2D eigenvalue weighted by Crippen LogP contribution is -2.39. The highest BCUT2D eigenvalue weighted by molar-refractivity contribution is 6.30. The maximum absolute atomic E-state index is 12.0. The van der Waals surface area contributed by atoms with Crippen LogP contribution in [0.25, 0.3) is 0 Å². The van der Waals surface area contributed by atoms with Crippen LogP contribution in [-0.2, 0) is 14.3 Å². The van der Waals surface area contributed by atoms with Crippen molar-refractivity contribution in [1.29, 1.82) is 0 Å². The number of carbonyl (C=O) groups is 2. The topological polar surface area (TPSA) is 58.6 Å². The summed E-state index contributed by atoms with van der Waals surface area (Å²) in [5.74, 6) is -0.639. The molecule has 0 aliphatic heterocycles. The van der Waals surface area contributed by atoms with Crippen molar-refractivity contribution in [2.45, 2.75) is 19.9 Å². The summed E-state index contributed by atoms with van der Waals surface area (Å²) >= 11 is 5.85. The Balaban J connectivity index is 2.45. The third-order valence-corrected chi connectivity index (χ3v) is 3.60. The van der Waals surface area contributed by atoms with Gasteiger partial charge in [-0.15, -0.1) is 0 Å². The highest BCUT2D eigenvalue weighted by Gasteiger charge is 2.17. The summed E-state index contributed by atoms with van der Waals surface area (Å²) in [7, 11) is 3.16. The van der Waals surface area contributed by atoms with Gasteiger partial charge in [0.25, 0.3) is 0 Å². The molecule has 1 amide bonds. The predicted octanol–water partition coefficient (Wildman–Crippen LogP) is 2.26. The van der Waals surface area contributed by atoms with Crippen molar-refractivity contribution in [3.63, 3.8) is 0 Å². The lowest BCUT2D eigenvalue weighted by atomic mass is 10.1. The molecule has 0 saturated heterocycles. The quantitative estimate of drug-likeness (QED) is 0.781. The summed E-state index contributed by atoms with van der Waals surface area (Å²) in [6.07, 6.45) is 0. The Morgan fingerprint density at radius 2 is 1.86 bits per heavy atom. The number of rotatable bonds is 7. The first-order valence-corrected chi connectivity index (χ1v) is 7.52. The number of hydrogen-bond acceptors (Lipinski definition) is 4. The zero-order chi connectivity index (χ0) is 16.7. The van der Waals surface area contributed by atoms with E-state index >= 15 is 0 Å². The van der Waals surface area contributed by atoms with Gasteiger partial charge in [0.15, 0.2) is 0 Å². The maximum atomic E-state index is 12.0. The molecule has 6 heteroatoms. The number of hydrogen-bond donors (Lipinski definition) is 1. The zero-order valence-corrected chi connectivity index (χ0v) is 14.2. The summed E-state index contributed by atoms with van der Waals surface area (Å²) in [4.78, 5) is 25.2. The summed E-state index contributed by atoms with van der Waals surface area (Å²) in [6, 6.07) is 7.26. The molecule has 0 radical (unpaired) electrons. The van der Waals surface area contributed by atoms with Crippen molar-refractivity contribution < 1.29 is 14.3 Å². The Morgan fingerprint density at radius 1 is 1.27 bits per heavy atom. The molecular formula is C16H23ClN2O3. The largest absolute Gasteiger partial charge is 0.469 e. The normalized spacial score (nSPS) is 13.5. The fourth-order valence-corrected chi connectivity index (χ4v) is 2.30. The van der Waals surface area contributed by atoms with E-state index in [9.17, 15) is 9.59 Å². The second-order valence-corrected chi connectivity index (χ2v) is 5.90. The number of nitrogens with zero attached hydrogens (tertiary/aromatic N) is 1. The molecule has 22 heavy (non-hydrogen) atoms. The van der Waals surface area contributed by atoms with Crippen LogP contribution in [0.2, 0.25) is 5.02 Å². The molecule has 0 aliphatic carbocycles. The van der Waals surface area contributed by atoms with Gasteiger partial charge in [-0.1, -0.05) is 30.7 Å². The van der Waals surface area contributed by atoms with E-state index in [0.29, 0.717) is 11.6 Å². The van der Waals surface area contributed by atoms with Crippen molar-refractivity contribution in [1.82, 2.24) is 10.2 Å². The average Bonchev–Trinajstić information content (AvgIpc) is 2.46. The van der Waals surface area contributed by atoms with Crippen LogP contribution in [0.4, 0.5) is 0 Å². The first kappa shape index (κ1) is 18.5. The molecule has 122 valence electrons. The molecule has 2 unspecified atom stereocenters. The number of nitrogens with one attached hydrogen (secondary N) is 1. The molecule has 0 aliphatic rings. The summed E-state index contributed by atoms with van der Waals surface area (Å²) < 4.78 is 4.67. The molecule has 1 aromatic carbocycles. The Labute approximate surface area is 136 Å². The highest BCUT2D eigenvalue weighted by Crippen LogP contribution is 2.15. The van der Waals surface area contributed by atoms with E-state index in [2.05, 4.69) is 10.1 Å². The maximum Gasteiger partial charge on any atom is 0.309 e. The standard InChI is InChI=1S/C16H23ClN2O3/c1-11(16(21)22-4)9-19(3)10-15(20)18-12(2)13-5-7-14(17)8-6-13/h5-8,11-12H,9-10H2,1-4H3,(H,18,20). The highest BCUT2D eigenvalue weighted by atomic mass is 35.5. The van der Waals surface area contributed by atoms with Gasteiger partial charge in [0.2, 0.25) is 5.91 Å². The van der Waals surface area contributed by atoms with Gasteiger partial charge in [-0.05, 0) is 31.7 Å². The molecule has 1 aromatic rings. The number of amides is 1. The zero-order valence-electron chi connectivity index (χ0n) is 13.4. The summed E-state index contributed by atoms with van der Waals surface area (Å²) in [5, 5.41) is 3.59. The Hall–Kier alpha value is -1.59. The minimum absolute atomic E-state index is 0.0954. The Kier molecular flexibility index (Phi) is 7.35. The fraction of sp³-hybridized carbons (Fsp3) is 0.500. The van der Waals surface area contributed by atoms with Gasteiger partial charge >= 0.3 is 5.97 Å². The van der Waals surface area contributed by atoms with E-state index < -0.39 is 0 Å². The smallest absolute Gasteiger partial charge is 0.309 e. The monoisotopic (exact) mass is 326 g/mol. The first-order chi connectivity index (χ1) is 10.3. The SMILES string of the molecule is COC(=O)C(C)CN(C)CC(=O)NC(C)c1ccc(Cl)cc1. The van der Waals surface area contributed by atoms with Gasteiger partial charge in [0.1, 0.15) is 0 Å². The van der Waals surface area contributed by atoms with E-state index in [-0.39, 0.29) is 30.4 Å². The third-order valence-electron chi connectivity index (χ3n) is 3.35. The molecule has 1 rings (SSSR count). The van der Waals surface area contributed by atoms with E-state index in [0.717, 1.165) is 5.56 Å².